The average molecular weight is 360 g/mol. The summed E-state index contributed by atoms with van der Waals surface area (Å²) >= 11 is 7.65. The van der Waals surface area contributed by atoms with Gasteiger partial charge in [0.15, 0.2) is 0 Å². The summed E-state index contributed by atoms with van der Waals surface area (Å²) in [6, 6.07) is 12.1. The lowest BCUT2D eigenvalue weighted by molar-refractivity contribution is 0.298. The van der Waals surface area contributed by atoms with Crippen LogP contribution in [0.4, 0.5) is 0 Å². The van der Waals surface area contributed by atoms with E-state index in [4.69, 9.17) is 16.1 Å². The third kappa shape index (κ3) is 3.11. The molecule has 3 aromatic rings. The Morgan fingerprint density at radius 1 is 1.17 bits per heavy atom. The normalized spacial score (nSPS) is 16.5. The van der Waals surface area contributed by atoms with Crippen LogP contribution in [-0.4, -0.2) is 10.1 Å². The minimum absolute atomic E-state index is 0.0256. The van der Waals surface area contributed by atoms with Gasteiger partial charge in [-0.2, -0.15) is 4.98 Å². The van der Waals surface area contributed by atoms with E-state index in [1.54, 1.807) is 11.3 Å². The molecule has 0 bridgehead atoms. The molecule has 1 aliphatic carbocycles. The summed E-state index contributed by atoms with van der Waals surface area (Å²) in [7, 11) is 0. The van der Waals surface area contributed by atoms with Gasteiger partial charge < -0.3 is 4.52 Å². The van der Waals surface area contributed by atoms with Crippen LogP contribution in [-0.2, 0) is 12.1 Å². The molecule has 0 saturated heterocycles. The van der Waals surface area contributed by atoms with Gasteiger partial charge in [0.1, 0.15) is 0 Å². The molecule has 1 saturated carbocycles. The lowest BCUT2D eigenvalue weighted by atomic mass is 9.88. The van der Waals surface area contributed by atoms with Gasteiger partial charge in [-0.3, -0.25) is 5.32 Å². The van der Waals surface area contributed by atoms with Gasteiger partial charge in [-0.05, 0) is 42.0 Å². The van der Waals surface area contributed by atoms with Crippen molar-refractivity contribution in [3.05, 3.63) is 58.3 Å². The number of hydrogen-bond donors (Lipinski definition) is 1. The molecule has 2 heterocycles. The van der Waals surface area contributed by atoms with Gasteiger partial charge in [-0.1, -0.05) is 47.8 Å². The molecule has 1 aromatic carbocycles. The second-order valence-electron chi connectivity index (χ2n) is 6.14. The van der Waals surface area contributed by atoms with Crippen LogP contribution in [0.2, 0.25) is 5.02 Å². The number of halogens is 1. The molecule has 1 aliphatic rings. The number of nitrogens with one attached hydrogen (secondary N) is 1. The number of benzene rings is 1. The molecule has 0 spiro atoms. The summed E-state index contributed by atoms with van der Waals surface area (Å²) < 4.78 is 5.41. The number of hydrogen-bond acceptors (Lipinski definition) is 5. The molecule has 0 radical (unpaired) electrons. The Kier molecular flexibility index (Phi) is 4.39. The maximum Gasteiger partial charge on any atom is 0.240 e. The van der Waals surface area contributed by atoms with Gasteiger partial charge in [-0.15, -0.1) is 11.3 Å². The Hall–Kier alpha value is -1.69. The largest absolute Gasteiger partial charge is 0.338 e. The van der Waals surface area contributed by atoms with E-state index in [1.165, 1.54) is 18.4 Å². The van der Waals surface area contributed by atoms with Crippen molar-refractivity contribution in [1.29, 1.82) is 0 Å². The average Bonchev–Trinajstić information content (AvgIpc) is 3.34. The maximum absolute atomic E-state index is 6.04. The lowest BCUT2D eigenvalue weighted by Crippen LogP contribution is -2.39. The zero-order chi connectivity index (χ0) is 16.4. The molecule has 24 heavy (non-hydrogen) atoms. The Labute approximate surface area is 149 Å². The molecule has 4 rings (SSSR count). The van der Waals surface area contributed by atoms with Crippen LogP contribution in [0.5, 0.6) is 0 Å². The molecule has 6 heteroatoms. The molecule has 0 unspecified atom stereocenters. The van der Waals surface area contributed by atoms with E-state index in [2.05, 4.69) is 27.6 Å². The van der Waals surface area contributed by atoms with Crippen LogP contribution in [0.1, 0.15) is 37.1 Å². The number of thiophene rings is 1. The molecule has 1 N–H and O–H groups in total. The van der Waals surface area contributed by atoms with Crippen LogP contribution < -0.4 is 5.32 Å². The maximum atomic E-state index is 6.04. The molecule has 0 atom stereocenters. The molecule has 124 valence electrons. The zero-order valence-electron chi connectivity index (χ0n) is 13.2. The highest BCUT2D eigenvalue weighted by molar-refractivity contribution is 7.13. The second kappa shape index (κ2) is 6.67. The topological polar surface area (TPSA) is 51.0 Å². The van der Waals surface area contributed by atoms with E-state index < -0.39 is 0 Å². The second-order valence-corrected chi connectivity index (χ2v) is 7.52. The van der Waals surface area contributed by atoms with Crippen molar-refractivity contribution in [1.82, 2.24) is 15.5 Å². The first kappa shape index (κ1) is 15.8. The highest BCUT2D eigenvalue weighted by Crippen LogP contribution is 2.39. The van der Waals surface area contributed by atoms with Crippen LogP contribution in [0, 0.1) is 0 Å². The molecule has 4 nitrogen and oxygen atoms in total. The Morgan fingerprint density at radius 2 is 1.96 bits per heavy atom. The summed E-state index contributed by atoms with van der Waals surface area (Å²) in [5.74, 6) is 1.28. The van der Waals surface area contributed by atoms with Crippen molar-refractivity contribution in [2.24, 2.45) is 0 Å². The first-order valence-electron chi connectivity index (χ1n) is 8.13. The number of nitrogens with zero attached hydrogens (tertiary/aromatic N) is 2. The summed E-state index contributed by atoms with van der Waals surface area (Å²) in [6.45, 7) is 0.570. The van der Waals surface area contributed by atoms with Gasteiger partial charge in [0.2, 0.25) is 11.7 Å². The van der Waals surface area contributed by atoms with E-state index in [1.807, 2.05) is 29.6 Å². The molecule has 2 aromatic heterocycles. The smallest absolute Gasteiger partial charge is 0.240 e. The minimum atomic E-state index is -0.0256. The summed E-state index contributed by atoms with van der Waals surface area (Å²) in [5, 5.41) is 10.5. The highest BCUT2D eigenvalue weighted by atomic mass is 35.5. The minimum Gasteiger partial charge on any atom is -0.338 e. The predicted octanol–water partition coefficient (Wildman–Crippen LogP) is 5.01. The van der Waals surface area contributed by atoms with Crippen molar-refractivity contribution in [3.8, 4) is 10.7 Å². The Bertz CT molecular complexity index is 792. The van der Waals surface area contributed by atoms with Crippen molar-refractivity contribution < 1.29 is 4.52 Å². The van der Waals surface area contributed by atoms with Crippen LogP contribution in [0.3, 0.4) is 0 Å². The van der Waals surface area contributed by atoms with E-state index in [0.29, 0.717) is 18.3 Å². The monoisotopic (exact) mass is 359 g/mol. The summed E-state index contributed by atoms with van der Waals surface area (Å²) in [6.07, 6.45) is 4.67. The summed E-state index contributed by atoms with van der Waals surface area (Å²) in [5.41, 5.74) is 1.25. The standard InChI is InChI=1S/C18H18ClN3OS/c19-14-7-5-13(6-8-14)18(9-1-2-10-18)20-12-16-21-17(22-23-16)15-4-3-11-24-15/h3-8,11,20H,1-2,9-10,12H2. The fourth-order valence-electron chi connectivity index (χ4n) is 3.39. The van der Waals surface area contributed by atoms with E-state index in [-0.39, 0.29) is 5.54 Å². The van der Waals surface area contributed by atoms with Crippen LogP contribution in [0.15, 0.2) is 46.3 Å². The van der Waals surface area contributed by atoms with Gasteiger partial charge in [0.05, 0.1) is 11.4 Å². The zero-order valence-corrected chi connectivity index (χ0v) is 14.7. The van der Waals surface area contributed by atoms with E-state index in [0.717, 1.165) is 22.7 Å². The lowest BCUT2D eigenvalue weighted by Gasteiger charge is -2.30. The molecular weight excluding hydrogens is 342 g/mol. The van der Waals surface area contributed by atoms with E-state index >= 15 is 0 Å². The third-order valence-corrected chi connectivity index (χ3v) is 5.76. The predicted molar refractivity (Wildman–Crippen MR) is 96.0 cm³/mol. The van der Waals surface area contributed by atoms with Crippen molar-refractivity contribution in [2.75, 3.05) is 0 Å². The fourth-order valence-corrected chi connectivity index (χ4v) is 4.17. The fraction of sp³-hybridized carbons (Fsp3) is 0.333. The highest BCUT2D eigenvalue weighted by Gasteiger charge is 2.35. The molecule has 1 fully saturated rings. The number of aromatic nitrogens is 2. The van der Waals surface area contributed by atoms with Crippen LogP contribution >= 0.6 is 22.9 Å². The van der Waals surface area contributed by atoms with Crippen molar-refractivity contribution >= 4 is 22.9 Å². The van der Waals surface area contributed by atoms with Gasteiger partial charge in [0, 0.05) is 10.6 Å². The van der Waals surface area contributed by atoms with Crippen molar-refractivity contribution in [3.63, 3.8) is 0 Å². The first-order chi connectivity index (χ1) is 11.8. The third-order valence-electron chi connectivity index (χ3n) is 4.64. The molecule has 0 aliphatic heterocycles. The Balaban J connectivity index is 1.51. The van der Waals surface area contributed by atoms with Gasteiger partial charge in [-0.25, -0.2) is 0 Å². The summed E-state index contributed by atoms with van der Waals surface area (Å²) in [4.78, 5) is 5.53. The Morgan fingerprint density at radius 3 is 2.67 bits per heavy atom. The van der Waals surface area contributed by atoms with Gasteiger partial charge >= 0.3 is 0 Å². The van der Waals surface area contributed by atoms with Crippen molar-refractivity contribution in [2.45, 2.75) is 37.8 Å². The number of rotatable bonds is 5. The van der Waals surface area contributed by atoms with Gasteiger partial charge in [0.25, 0.3) is 0 Å². The first-order valence-corrected chi connectivity index (χ1v) is 9.38. The quantitative estimate of drug-likeness (QED) is 0.695. The molecular formula is C18H18ClN3OS. The molecule has 0 amide bonds. The van der Waals surface area contributed by atoms with Crippen LogP contribution in [0.25, 0.3) is 10.7 Å². The van der Waals surface area contributed by atoms with E-state index in [9.17, 15) is 0 Å². The SMILES string of the molecule is Clc1ccc(C2(NCc3nc(-c4cccs4)no3)CCCC2)cc1.